The molecule has 1 aliphatic rings. The topological polar surface area (TPSA) is 50.8 Å². The maximum atomic E-state index is 11.9. The maximum Gasteiger partial charge on any atom is 0.407 e. The summed E-state index contributed by atoms with van der Waals surface area (Å²) in [5, 5.41) is 3.05. The number of amides is 1. The van der Waals surface area contributed by atoms with Gasteiger partial charge in [0.05, 0.1) is 19.3 Å². The van der Waals surface area contributed by atoms with Crippen LogP contribution >= 0.6 is 0 Å². The van der Waals surface area contributed by atoms with Gasteiger partial charge in [0.15, 0.2) is 0 Å². The van der Waals surface area contributed by atoms with Crippen LogP contribution in [0.4, 0.5) is 4.79 Å². The second-order valence-corrected chi connectivity index (χ2v) is 6.49. The summed E-state index contributed by atoms with van der Waals surface area (Å²) in [6.07, 6.45) is 2.73. The van der Waals surface area contributed by atoms with Crippen LogP contribution in [-0.4, -0.2) is 48.9 Å². The van der Waals surface area contributed by atoms with Crippen LogP contribution in [0.3, 0.4) is 0 Å². The van der Waals surface area contributed by atoms with E-state index in [2.05, 4.69) is 36.2 Å². The van der Waals surface area contributed by atoms with E-state index in [-0.39, 0.29) is 24.3 Å². The van der Waals surface area contributed by atoms with Crippen molar-refractivity contribution in [1.29, 1.82) is 0 Å². The second-order valence-electron chi connectivity index (χ2n) is 6.49. The summed E-state index contributed by atoms with van der Waals surface area (Å²) in [7, 11) is 0. The van der Waals surface area contributed by atoms with E-state index in [9.17, 15) is 4.79 Å². The first-order chi connectivity index (χ1) is 12.2. The molecule has 0 bridgehead atoms. The average molecular weight is 348 g/mol. The van der Waals surface area contributed by atoms with Gasteiger partial charge < -0.3 is 14.8 Å². The molecule has 1 aliphatic carbocycles. The highest BCUT2D eigenvalue weighted by atomic mass is 16.5. The van der Waals surface area contributed by atoms with Crippen molar-refractivity contribution < 1.29 is 14.3 Å². The molecule has 25 heavy (non-hydrogen) atoms. The van der Waals surface area contributed by atoms with Crippen LogP contribution in [0, 0.1) is 0 Å². The number of rotatable bonds is 8. The van der Waals surface area contributed by atoms with Crippen molar-refractivity contribution in [3.63, 3.8) is 0 Å². The molecule has 0 radical (unpaired) electrons. The van der Waals surface area contributed by atoms with Gasteiger partial charge in [-0.05, 0) is 44.8 Å². The predicted molar refractivity (Wildman–Crippen MR) is 99.5 cm³/mol. The highest BCUT2D eigenvalue weighted by Crippen LogP contribution is 2.26. The summed E-state index contributed by atoms with van der Waals surface area (Å²) >= 11 is 0. The Morgan fingerprint density at radius 3 is 2.52 bits per heavy atom. The van der Waals surface area contributed by atoms with Gasteiger partial charge in [-0.3, -0.25) is 4.90 Å². The zero-order valence-electron chi connectivity index (χ0n) is 15.7. The number of carbonyl (C=O) groups is 1. The monoisotopic (exact) mass is 348 g/mol. The van der Waals surface area contributed by atoms with Gasteiger partial charge in [-0.1, -0.05) is 44.2 Å². The number of nitrogens with zero attached hydrogens (tertiary/aromatic N) is 1. The number of hydrogen-bond acceptors (Lipinski definition) is 4. The van der Waals surface area contributed by atoms with Crippen molar-refractivity contribution in [1.82, 2.24) is 10.2 Å². The molecule has 3 atom stereocenters. The van der Waals surface area contributed by atoms with Gasteiger partial charge >= 0.3 is 6.09 Å². The van der Waals surface area contributed by atoms with Crippen molar-refractivity contribution in [3.8, 4) is 0 Å². The van der Waals surface area contributed by atoms with Gasteiger partial charge in [0.1, 0.15) is 0 Å². The molecule has 2 rings (SSSR count). The van der Waals surface area contributed by atoms with E-state index in [4.69, 9.17) is 9.47 Å². The van der Waals surface area contributed by atoms with Crippen molar-refractivity contribution in [2.45, 2.75) is 64.8 Å². The Bertz CT molecular complexity index is 505. The zero-order valence-corrected chi connectivity index (χ0v) is 15.7. The van der Waals surface area contributed by atoms with Crippen molar-refractivity contribution in [2.24, 2.45) is 0 Å². The third kappa shape index (κ3) is 6.01. The lowest BCUT2D eigenvalue weighted by atomic mass is 9.87. The molecule has 1 aromatic rings. The third-order valence-electron chi connectivity index (χ3n) is 4.96. The zero-order chi connectivity index (χ0) is 18.1. The van der Waals surface area contributed by atoms with E-state index >= 15 is 0 Å². The normalized spacial score (nSPS) is 23.4. The molecule has 5 heteroatoms. The highest BCUT2D eigenvalue weighted by Gasteiger charge is 2.35. The minimum atomic E-state index is -0.312. The Morgan fingerprint density at radius 1 is 1.16 bits per heavy atom. The van der Waals surface area contributed by atoms with E-state index in [0.717, 1.165) is 32.4 Å². The number of nitrogens with one attached hydrogen (secondary N) is 1. The molecule has 0 aromatic heterocycles. The summed E-state index contributed by atoms with van der Waals surface area (Å²) in [6, 6.07) is 10.7. The van der Waals surface area contributed by atoms with E-state index in [1.165, 1.54) is 5.56 Å². The van der Waals surface area contributed by atoms with E-state index < -0.39 is 0 Å². The first kappa shape index (κ1) is 19.7. The fourth-order valence-corrected chi connectivity index (χ4v) is 3.64. The van der Waals surface area contributed by atoms with Crippen molar-refractivity contribution in [3.05, 3.63) is 35.9 Å². The molecule has 1 amide bonds. The Hall–Kier alpha value is -1.59. The van der Waals surface area contributed by atoms with Crippen molar-refractivity contribution >= 4 is 6.09 Å². The summed E-state index contributed by atoms with van der Waals surface area (Å²) in [5.41, 5.74) is 1.20. The molecular formula is C20H32N2O3. The second kappa shape index (κ2) is 10.4. The van der Waals surface area contributed by atoms with Crippen LogP contribution in [-0.2, 0) is 16.1 Å². The smallest absolute Gasteiger partial charge is 0.407 e. The minimum Gasteiger partial charge on any atom is -0.450 e. The van der Waals surface area contributed by atoms with Crippen LogP contribution in [0.2, 0.25) is 0 Å². The average Bonchev–Trinajstić information content (AvgIpc) is 2.63. The number of alkyl carbamates (subject to hydrolysis) is 1. The molecule has 0 aliphatic heterocycles. The molecule has 0 spiro atoms. The van der Waals surface area contributed by atoms with E-state index in [1.54, 1.807) is 0 Å². The maximum absolute atomic E-state index is 11.9. The lowest BCUT2D eigenvalue weighted by molar-refractivity contribution is -0.0196. The molecule has 0 saturated heterocycles. The van der Waals surface area contributed by atoms with Crippen LogP contribution in [0.5, 0.6) is 0 Å². The third-order valence-corrected chi connectivity index (χ3v) is 4.96. The van der Waals surface area contributed by atoms with E-state index in [1.807, 2.05) is 25.1 Å². The van der Waals surface area contributed by atoms with Crippen LogP contribution in [0.25, 0.3) is 0 Å². The predicted octanol–water partition coefficient (Wildman–Crippen LogP) is 3.58. The molecular weight excluding hydrogens is 316 g/mol. The van der Waals surface area contributed by atoms with Gasteiger partial charge in [-0.15, -0.1) is 0 Å². The number of likely N-dealkylation sites (N-methyl/N-ethyl adjacent to an activating group) is 1. The van der Waals surface area contributed by atoms with Gasteiger partial charge in [0.2, 0.25) is 0 Å². The molecule has 1 N–H and O–H groups in total. The van der Waals surface area contributed by atoms with Gasteiger partial charge in [-0.2, -0.15) is 0 Å². The molecule has 0 heterocycles. The Labute approximate surface area is 151 Å². The lowest BCUT2D eigenvalue weighted by Crippen LogP contribution is -2.55. The minimum absolute atomic E-state index is 0.121. The number of ether oxygens (including phenoxy) is 2. The SMILES string of the molecule is CCOC(=O)N[C@@H]1CC[C@H](OCc2ccccc2)C[C@H]1N(CC)CC. The lowest BCUT2D eigenvalue weighted by Gasteiger charge is -2.42. The summed E-state index contributed by atoms with van der Waals surface area (Å²) < 4.78 is 11.2. The molecule has 140 valence electrons. The summed E-state index contributed by atoms with van der Waals surface area (Å²) in [5.74, 6) is 0. The largest absolute Gasteiger partial charge is 0.450 e. The molecule has 5 nitrogen and oxygen atoms in total. The Kier molecular flexibility index (Phi) is 8.22. The molecule has 1 aromatic carbocycles. The number of hydrogen-bond donors (Lipinski definition) is 1. The fourth-order valence-electron chi connectivity index (χ4n) is 3.64. The Balaban J connectivity index is 1.95. The fraction of sp³-hybridized carbons (Fsp3) is 0.650. The molecule has 1 saturated carbocycles. The first-order valence-electron chi connectivity index (χ1n) is 9.50. The van der Waals surface area contributed by atoms with Crippen molar-refractivity contribution in [2.75, 3.05) is 19.7 Å². The first-order valence-corrected chi connectivity index (χ1v) is 9.50. The van der Waals surface area contributed by atoms with Crippen LogP contribution in [0.15, 0.2) is 30.3 Å². The number of carbonyl (C=O) groups excluding carboxylic acids is 1. The standard InChI is InChI=1S/C20H32N2O3/c1-4-22(5-2)19-14-17(25-15-16-10-8-7-9-11-16)12-13-18(19)21-20(23)24-6-3/h7-11,17-19H,4-6,12-15H2,1-3H3,(H,21,23)/t17-,18+,19+/m0/s1. The molecule has 0 unspecified atom stereocenters. The number of benzene rings is 1. The quantitative estimate of drug-likeness (QED) is 0.780. The highest BCUT2D eigenvalue weighted by molar-refractivity contribution is 5.67. The van der Waals surface area contributed by atoms with Gasteiger partial charge in [-0.25, -0.2) is 4.79 Å². The Morgan fingerprint density at radius 2 is 1.88 bits per heavy atom. The van der Waals surface area contributed by atoms with Crippen LogP contribution < -0.4 is 5.32 Å². The van der Waals surface area contributed by atoms with E-state index in [0.29, 0.717) is 13.2 Å². The van der Waals surface area contributed by atoms with Gasteiger partial charge in [0, 0.05) is 12.1 Å². The van der Waals surface area contributed by atoms with Gasteiger partial charge in [0.25, 0.3) is 0 Å². The summed E-state index contributed by atoms with van der Waals surface area (Å²) in [6.45, 7) is 9.14. The van der Waals surface area contributed by atoms with Crippen LogP contribution in [0.1, 0.15) is 45.6 Å². The molecule has 1 fully saturated rings. The summed E-state index contributed by atoms with van der Waals surface area (Å²) in [4.78, 5) is 14.3.